The maximum absolute atomic E-state index is 11.8. The Kier molecular flexibility index (Phi) is 4.65. The van der Waals surface area contributed by atoms with Crippen molar-refractivity contribution in [2.75, 3.05) is 20.8 Å². The first-order valence-corrected chi connectivity index (χ1v) is 7.03. The maximum Gasteiger partial charge on any atom is 0.323 e. The summed E-state index contributed by atoms with van der Waals surface area (Å²) >= 11 is 0. The smallest absolute Gasteiger partial charge is 0.323 e. The fourth-order valence-corrected chi connectivity index (χ4v) is 2.88. The highest BCUT2D eigenvalue weighted by atomic mass is 16.5. The molecule has 1 saturated heterocycles. The highest BCUT2D eigenvalue weighted by Gasteiger charge is 2.31. The molecule has 4 nitrogen and oxygen atoms in total. The molecular weight excluding hydrogens is 254 g/mol. The van der Waals surface area contributed by atoms with Crippen molar-refractivity contribution in [3.05, 3.63) is 28.8 Å². The molecule has 110 valence electrons. The van der Waals surface area contributed by atoms with Gasteiger partial charge in [0.15, 0.2) is 0 Å². The Morgan fingerprint density at radius 1 is 1.30 bits per heavy atom. The Hall–Kier alpha value is -1.55. The Balaban J connectivity index is 2.18. The Labute approximate surface area is 120 Å². The molecule has 0 bridgehead atoms. The lowest BCUT2D eigenvalue weighted by Crippen LogP contribution is -2.36. The summed E-state index contributed by atoms with van der Waals surface area (Å²) in [7, 11) is 3.15. The molecule has 1 aromatic rings. The maximum atomic E-state index is 11.8. The molecule has 20 heavy (non-hydrogen) atoms. The molecule has 1 atom stereocenters. The van der Waals surface area contributed by atoms with Crippen LogP contribution >= 0.6 is 0 Å². The van der Waals surface area contributed by atoms with Gasteiger partial charge in [-0.1, -0.05) is 6.07 Å². The minimum absolute atomic E-state index is 0.0955. The van der Waals surface area contributed by atoms with Crippen molar-refractivity contribution in [2.24, 2.45) is 0 Å². The number of ether oxygens (including phenoxy) is 2. The van der Waals surface area contributed by atoms with Crippen molar-refractivity contribution < 1.29 is 14.3 Å². The van der Waals surface area contributed by atoms with Crippen LogP contribution in [0.1, 0.15) is 29.5 Å². The van der Waals surface area contributed by atoms with Crippen molar-refractivity contribution in [3.8, 4) is 5.75 Å². The van der Waals surface area contributed by atoms with E-state index in [1.54, 1.807) is 7.11 Å². The van der Waals surface area contributed by atoms with Crippen LogP contribution in [-0.4, -0.2) is 37.7 Å². The quantitative estimate of drug-likeness (QED) is 0.792. The number of rotatable bonds is 4. The zero-order valence-electron chi connectivity index (χ0n) is 12.7. The van der Waals surface area contributed by atoms with Gasteiger partial charge in [-0.15, -0.1) is 0 Å². The van der Waals surface area contributed by atoms with E-state index in [0.717, 1.165) is 31.7 Å². The molecule has 1 fully saturated rings. The van der Waals surface area contributed by atoms with E-state index >= 15 is 0 Å². The minimum Gasteiger partial charge on any atom is -0.496 e. The predicted molar refractivity (Wildman–Crippen MR) is 77.9 cm³/mol. The van der Waals surface area contributed by atoms with Crippen LogP contribution in [0.25, 0.3) is 0 Å². The number of hydrogen-bond acceptors (Lipinski definition) is 4. The van der Waals surface area contributed by atoms with Gasteiger partial charge in [-0.25, -0.2) is 0 Å². The van der Waals surface area contributed by atoms with Gasteiger partial charge in [-0.3, -0.25) is 9.69 Å². The molecule has 0 radical (unpaired) electrons. The van der Waals surface area contributed by atoms with Gasteiger partial charge in [0.25, 0.3) is 0 Å². The van der Waals surface area contributed by atoms with Gasteiger partial charge in [0.05, 0.1) is 14.2 Å². The Bertz CT molecular complexity index is 499. The fraction of sp³-hybridized carbons (Fsp3) is 0.562. The molecule has 0 N–H and O–H groups in total. The second-order valence-electron chi connectivity index (χ2n) is 5.33. The lowest BCUT2D eigenvalue weighted by atomic mass is 10.0. The second kappa shape index (κ2) is 6.27. The first-order chi connectivity index (χ1) is 9.58. The van der Waals surface area contributed by atoms with E-state index in [2.05, 4.69) is 24.8 Å². The summed E-state index contributed by atoms with van der Waals surface area (Å²) in [4.78, 5) is 14.0. The monoisotopic (exact) mass is 277 g/mol. The first-order valence-electron chi connectivity index (χ1n) is 7.03. The van der Waals surface area contributed by atoms with Crippen LogP contribution < -0.4 is 4.74 Å². The molecule has 0 spiro atoms. The molecule has 1 heterocycles. The van der Waals surface area contributed by atoms with Crippen LogP contribution in [-0.2, 0) is 16.1 Å². The predicted octanol–water partition coefficient (Wildman–Crippen LogP) is 2.45. The van der Waals surface area contributed by atoms with Crippen LogP contribution in [0.4, 0.5) is 0 Å². The average Bonchev–Trinajstić information content (AvgIpc) is 2.91. The molecule has 1 aromatic carbocycles. The third-order valence-corrected chi connectivity index (χ3v) is 4.28. The molecule has 1 aliphatic rings. The van der Waals surface area contributed by atoms with Gasteiger partial charge in [0, 0.05) is 6.54 Å². The second-order valence-corrected chi connectivity index (χ2v) is 5.33. The van der Waals surface area contributed by atoms with Gasteiger partial charge in [0.2, 0.25) is 0 Å². The number of likely N-dealkylation sites (tertiary alicyclic amines) is 1. The highest BCUT2D eigenvalue weighted by Crippen LogP contribution is 2.27. The largest absolute Gasteiger partial charge is 0.496 e. The number of benzene rings is 1. The molecular formula is C16H23NO3. The van der Waals surface area contributed by atoms with Crippen molar-refractivity contribution in [3.63, 3.8) is 0 Å². The van der Waals surface area contributed by atoms with Crippen molar-refractivity contribution in [1.29, 1.82) is 0 Å². The fourth-order valence-electron chi connectivity index (χ4n) is 2.88. The van der Waals surface area contributed by atoms with Gasteiger partial charge < -0.3 is 9.47 Å². The van der Waals surface area contributed by atoms with Gasteiger partial charge in [-0.2, -0.15) is 0 Å². The lowest BCUT2D eigenvalue weighted by Gasteiger charge is -2.24. The van der Waals surface area contributed by atoms with Crippen molar-refractivity contribution >= 4 is 5.97 Å². The van der Waals surface area contributed by atoms with Gasteiger partial charge in [-0.05, 0) is 56.0 Å². The van der Waals surface area contributed by atoms with E-state index in [0.29, 0.717) is 0 Å². The summed E-state index contributed by atoms with van der Waals surface area (Å²) in [5, 5.41) is 0. The Morgan fingerprint density at radius 2 is 2.05 bits per heavy atom. The molecule has 0 amide bonds. The van der Waals surface area contributed by atoms with Gasteiger partial charge >= 0.3 is 5.97 Å². The van der Waals surface area contributed by atoms with E-state index in [9.17, 15) is 4.79 Å². The number of hydrogen-bond donors (Lipinski definition) is 0. The molecule has 0 aromatic heterocycles. The van der Waals surface area contributed by atoms with E-state index in [-0.39, 0.29) is 12.0 Å². The van der Waals surface area contributed by atoms with E-state index in [1.807, 2.05) is 6.07 Å². The average molecular weight is 277 g/mol. The first kappa shape index (κ1) is 14.9. The minimum atomic E-state index is -0.120. The summed E-state index contributed by atoms with van der Waals surface area (Å²) in [5.74, 6) is 0.794. The van der Waals surface area contributed by atoms with Gasteiger partial charge in [0.1, 0.15) is 11.8 Å². The molecule has 0 saturated carbocycles. The zero-order valence-corrected chi connectivity index (χ0v) is 12.7. The van der Waals surface area contributed by atoms with E-state index in [1.165, 1.54) is 23.8 Å². The van der Waals surface area contributed by atoms with E-state index < -0.39 is 0 Å². The van der Waals surface area contributed by atoms with Crippen LogP contribution in [0.15, 0.2) is 12.1 Å². The topological polar surface area (TPSA) is 38.8 Å². The zero-order chi connectivity index (χ0) is 14.7. The Morgan fingerprint density at radius 3 is 2.70 bits per heavy atom. The number of carbonyl (C=O) groups excluding carboxylic acids is 1. The molecule has 2 rings (SSSR count). The summed E-state index contributed by atoms with van der Waals surface area (Å²) < 4.78 is 10.2. The van der Waals surface area contributed by atoms with Crippen molar-refractivity contribution in [2.45, 2.75) is 39.3 Å². The summed E-state index contributed by atoms with van der Waals surface area (Å²) in [6.07, 6.45) is 1.94. The number of methoxy groups -OCH3 is 2. The summed E-state index contributed by atoms with van der Waals surface area (Å²) in [6.45, 7) is 5.91. The van der Waals surface area contributed by atoms with Crippen LogP contribution in [0.2, 0.25) is 0 Å². The van der Waals surface area contributed by atoms with Crippen LogP contribution in [0, 0.1) is 13.8 Å². The number of carbonyl (C=O) groups is 1. The lowest BCUT2D eigenvalue weighted by molar-refractivity contribution is -0.146. The number of nitrogens with zero attached hydrogens (tertiary/aromatic N) is 1. The molecule has 1 aliphatic heterocycles. The summed E-state index contributed by atoms with van der Waals surface area (Å²) in [5.41, 5.74) is 3.65. The van der Waals surface area contributed by atoms with E-state index in [4.69, 9.17) is 9.47 Å². The van der Waals surface area contributed by atoms with Crippen molar-refractivity contribution in [1.82, 2.24) is 4.90 Å². The number of esters is 1. The summed E-state index contributed by atoms with van der Waals surface area (Å²) in [6, 6.07) is 4.00. The highest BCUT2D eigenvalue weighted by molar-refractivity contribution is 5.76. The third-order valence-electron chi connectivity index (χ3n) is 4.28. The molecule has 4 heteroatoms. The normalized spacial score (nSPS) is 19.1. The molecule has 0 aliphatic carbocycles. The van der Waals surface area contributed by atoms with Crippen LogP contribution in [0.3, 0.4) is 0 Å². The molecule has 0 unspecified atom stereocenters. The SMILES string of the molecule is COC(=O)[C@@H]1CCCN1Cc1ccc(OC)c(C)c1C. The standard InChI is InChI=1S/C16H23NO3/c1-11-12(2)15(19-3)8-7-13(11)10-17-9-5-6-14(17)16(18)20-4/h7-8,14H,5-6,9-10H2,1-4H3/t14-/m0/s1. The van der Waals surface area contributed by atoms with Crippen LogP contribution in [0.5, 0.6) is 5.75 Å². The third kappa shape index (κ3) is 2.80.